The van der Waals surface area contributed by atoms with Crippen LogP contribution in [0.2, 0.25) is 0 Å². The second-order valence-corrected chi connectivity index (χ2v) is 5.06. The molecule has 19 heavy (non-hydrogen) atoms. The van der Waals surface area contributed by atoms with Crippen molar-refractivity contribution >= 4 is 33.2 Å². The first-order chi connectivity index (χ1) is 8.99. The van der Waals surface area contributed by atoms with E-state index in [0.29, 0.717) is 15.7 Å². The van der Waals surface area contributed by atoms with Crippen LogP contribution in [0.3, 0.4) is 0 Å². The van der Waals surface area contributed by atoms with Crippen molar-refractivity contribution < 1.29 is 9.72 Å². The molecule has 1 heterocycles. The Morgan fingerprint density at radius 3 is 2.63 bits per heavy atom. The number of amides is 1. The van der Waals surface area contributed by atoms with Gasteiger partial charge in [-0.3, -0.25) is 14.9 Å². The number of nitro groups is 1. The Morgan fingerprint density at radius 2 is 2.16 bits per heavy atom. The molecule has 7 heteroatoms. The molecule has 1 fully saturated rings. The van der Waals surface area contributed by atoms with Crippen LogP contribution in [0.5, 0.6) is 0 Å². The van der Waals surface area contributed by atoms with Gasteiger partial charge in [0.25, 0.3) is 11.6 Å². The minimum Gasteiger partial charge on any atom is -0.322 e. The van der Waals surface area contributed by atoms with Crippen LogP contribution in [0.15, 0.2) is 33.8 Å². The number of hydrogen-bond acceptors (Lipinski definition) is 4. The van der Waals surface area contributed by atoms with Gasteiger partial charge >= 0.3 is 0 Å². The minimum atomic E-state index is -0.483. The molecule has 0 unspecified atom stereocenters. The second kappa shape index (κ2) is 5.50. The Hall–Kier alpha value is -1.73. The molecule has 0 spiro atoms. The Balaban J connectivity index is 2.13. The van der Waals surface area contributed by atoms with Gasteiger partial charge in [-0.1, -0.05) is 0 Å². The number of hydrogen-bond donors (Lipinski definition) is 2. The van der Waals surface area contributed by atoms with Gasteiger partial charge in [0, 0.05) is 30.4 Å². The van der Waals surface area contributed by atoms with Gasteiger partial charge in [0.05, 0.1) is 9.40 Å². The van der Waals surface area contributed by atoms with E-state index in [1.165, 1.54) is 18.2 Å². The lowest BCUT2D eigenvalue weighted by molar-refractivity contribution is -0.385. The normalized spacial score (nSPS) is 13.7. The number of nitrogens with zero attached hydrogens (tertiary/aromatic N) is 1. The van der Waals surface area contributed by atoms with Crippen molar-refractivity contribution in [1.82, 2.24) is 5.32 Å². The van der Waals surface area contributed by atoms with Crippen molar-refractivity contribution in [1.29, 1.82) is 0 Å². The van der Waals surface area contributed by atoms with E-state index in [1.807, 2.05) is 0 Å². The van der Waals surface area contributed by atoms with E-state index in [9.17, 15) is 14.9 Å². The van der Waals surface area contributed by atoms with Gasteiger partial charge in [-0.25, -0.2) is 0 Å². The number of nitrogens with one attached hydrogen (secondary N) is 2. The summed E-state index contributed by atoms with van der Waals surface area (Å²) in [7, 11) is 0. The quantitative estimate of drug-likeness (QED) is 0.507. The van der Waals surface area contributed by atoms with Crippen LogP contribution in [0.4, 0.5) is 11.4 Å². The van der Waals surface area contributed by atoms with Crippen LogP contribution >= 0.6 is 15.9 Å². The zero-order valence-corrected chi connectivity index (χ0v) is 11.8. The molecule has 100 valence electrons. The Morgan fingerprint density at radius 1 is 1.47 bits per heavy atom. The maximum Gasteiger partial charge on any atom is 0.283 e. The van der Waals surface area contributed by atoms with E-state index in [2.05, 4.69) is 26.6 Å². The monoisotopic (exact) mass is 325 g/mol. The maximum absolute atomic E-state index is 11.9. The smallest absolute Gasteiger partial charge is 0.283 e. The van der Waals surface area contributed by atoms with Crippen molar-refractivity contribution in [2.75, 3.05) is 18.4 Å². The van der Waals surface area contributed by atoms with Crippen molar-refractivity contribution in [3.8, 4) is 0 Å². The average Bonchev–Trinajstić information content (AvgIpc) is 2.25. The second-order valence-electron chi connectivity index (χ2n) is 4.21. The van der Waals surface area contributed by atoms with Crippen molar-refractivity contribution in [3.05, 3.63) is 43.9 Å². The number of nitro benzene ring substituents is 1. The van der Waals surface area contributed by atoms with Crippen molar-refractivity contribution in [2.24, 2.45) is 0 Å². The van der Waals surface area contributed by atoms with E-state index in [0.717, 1.165) is 18.7 Å². The van der Waals surface area contributed by atoms with Crippen LogP contribution in [-0.2, 0) is 4.79 Å². The summed E-state index contributed by atoms with van der Waals surface area (Å²) < 4.78 is 0.339. The Labute approximate surface area is 118 Å². The lowest BCUT2D eigenvalue weighted by Crippen LogP contribution is -2.36. The summed E-state index contributed by atoms with van der Waals surface area (Å²) in [5, 5.41) is 16.5. The molecule has 1 aromatic rings. The zero-order chi connectivity index (χ0) is 14.0. The molecule has 0 aromatic heterocycles. The standard InChI is InChI=1S/C12H12BrN3O3/c1-7(8-5-14-6-8)12(17)15-9-2-3-11(16(18)19)10(13)4-9/h2-4,14H,5-6H2,1H3,(H,15,17). The summed E-state index contributed by atoms with van der Waals surface area (Å²) >= 11 is 3.11. The van der Waals surface area contributed by atoms with Crippen molar-refractivity contribution in [2.45, 2.75) is 6.92 Å². The highest BCUT2D eigenvalue weighted by atomic mass is 79.9. The van der Waals surface area contributed by atoms with Gasteiger partial charge in [0.15, 0.2) is 0 Å². The topological polar surface area (TPSA) is 84.3 Å². The molecular formula is C12H12BrN3O3. The van der Waals surface area contributed by atoms with E-state index in [-0.39, 0.29) is 11.6 Å². The fourth-order valence-electron chi connectivity index (χ4n) is 1.63. The number of halogens is 1. The average molecular weight is 326 g/mol. The fourth-order valence-corrected chi connectivity index (χ4v) is 2.16. The van der Waals surface area contributed by atoms with Gasteiger partial charge in [0.2, 0.25) is 0 Å². The molecule has 0 atom stereocenters. The minimum absolute atomic E-state index is 0.0312. The summed E-state index contributed by atoms with van der Waals surface area (Å²) in [4.78, 5) is 22.1. The number of carbonyl (C=O) groups excluding carboxylic acids is 1. The lowest BCUT2D eigenvalue weighted by Gasteiger charge is -2.21. The number of benzene rings is 1. The third kappa shape index (κ3) is 2.99. The predicted molar refractivity (Wildman–Crippen MR) is 75.0 cm³/mol. The number of carbonyl (C=O) groups is 1. The van der Waals surface area contributed by atoms with E-state index in [4.69, 9.17) is 0 Å². The Kier molecular flexibility index (Phi) is 3.96. The first-order valence-electron chi connectivity index (χ1n) is 5.63. The SMILES string of the molecule is CC(C(=O)Nc1ccc([N+](=O)[O-])c(Br)c1)=C1CNC1. The highest BCUT2D eigenvalue weighted by molar-refractivity contribution is 9.10. The van der Waals surface area contributed by atoms with Crippen LogP contribution in [0.25, 0.3) is 0 Å². The van der Waals surface area contributed by atoms with Crippen LogP contribution < -0.4 is 10.6 Å². The fraction of sp³-hybridized carbons (Fsp3) is 0.250. The molecule has 1 amide bonds. The largest absolute Gasteiger partial charge is 0.322 e. The summed E-state index contributed by atoms with van der Waals surface area (Å²) in [5.74, 6) is -0.183. The lowest BCUT2D eigenvalue weighted by atomic mass is 10.0. The number of anilines is 1. The molecule has 1 aromatic carbocycles. The molecule has 0 saturated carbocycles. The summed E-state index contributed by atoms with van der Waals surface area (Å²) in [6.45, 7) is 3.25. The van der Waals surface area contributed by atoms with E-state index in [1.54, 1.807) is 6.92 Å². The summed E-state index contributed by atoms with van der Waals surface area (Å²) in [5.41, 5.74) is 2.26. The van der Waals surface area contributed by atoms with Gasteiger partial charge in [0.1, 0.15) is 0 Å². The van der Waals surface area contributed by atoms with Crippen LogP contribution in [0, 0.1) is 10.1 Å². The first-order valence-corrected chi connectivity index (χ1v) is 6.43. The molecule has 1 saturated heterocycles. The van der Waals surface area contributed by atoms with Crippen LogP contribution in [-0.4, -0.2) is 23.9 Å². The van der Waals surface area contributed by atoms with Crippen molar-refractivity contribution in [3.63, 3.8) is 0 Å². The third-order valence-electron chi connectivity index (χ3n) is 2.95. The molecule has 2 rings (SSSR count). The highest BCUT2D eigenvalue weighted by Crippen LogP contribution is 2.28. The summed E-state index contributed by atoms with van der Waals surface area (Å²) in [6.07, 6.45) is 0. The predicted octanol–water partition coefficient (Wildman–Crippen LogP) is 2.22. The molecule has 0 aliphatic carbocycles. The highest BCUT2D eigenvalue weighted by Gasteiger charge is 2.17. The molecule has 0 bridgehead atoms. The van der Waals surface area contributed by atoms with E-state index < -0.39 is 4.92 Å². The Bertz CT molecular complexity index is 578. The van der Waals surface area contributed by atoms with Gasteiger partial charge in [-0.15, -0.1) is 0 Å². The zero-order valence-electron chi connectivity index (χ0n) is 10.2. The van der Waals surface area contributed by atoms with Gasteiger partial charge in [-0.2, -0.15) is 0 Å². The molecular weight excluding hydrogens is 314 g/mol. The summed E-state index contributed by atoms with van der Waals surface area (Å²) in [6, 6.07) is 4.39. The maximum atomic E-state index is 11.9. The van der Waals surface area contributed by atoms with Crippen LogP contribution in [0.1, 0.15) is 6.92 Å². The first kappa shape index (κ1) is 13.7. The molecule has 6 nitrogen and oxygen atoms in total. The third-order valence-corrected chi connectivity index (χ3v) is 3.59. The number of rotatable bonds is 3. The molecule has 1 aliphatic heterocycles. The molecule has 2 N–H and O–H groups in total. The van der Waals surface area contributed by atoms with E-state index >= 15 is 0 Å². The van der Waals surface area contributed by atoms with Gasteiger partial charge in [-0.05, 0) is 40.6 Å². The molecule has 0 radical (unpaired) electrons. The van der Waals surface area contributed by atoms with Gasteiger partial charge < -0.3 is 10.6 Å². The molecule has 1 aliphatic rings.